The van der Waals surface area contributed by atoms with Crippen molar-refractivity contribution in [1.82, 2.24) is 4.98 Å². The molecule has 0 bridgehead atoms. The molecule has 0 aliphatic heterocycles. The highest BCUT2D eigenvalue weighted by Crippen LogP contribution is 2.26. The quantitative estimate of drug-likeness (QED) is 0.668. The summed E-state index contributed by atoms with van der Waals surface area (Å²) >= 11 is 0. The van der Waals surface area contributed by atoms with Gasteiger partial charge in [0.25, 0.3) is 0 Å². The lowest BCUT2D eigenvalue weighted by atomic mass is 10.2. The Morgan fingerprint density at radius 3 is 2.62 bits per heavy atom. The maximum atomic E-state index is 9.10. The summed E-state index contributed by atoms with van der Waals surface area (Å²) in [5.74, 6) is 0. The minimum atomic E-state index is -2.06. The van der Waals surface area contributed by atoms with E-state index in [4.69, 9.17) is 9.79 Å². The molecule has 0 saturated carbocycles. The van der Waals surface area contributed by atoms with Gasteiger partial charge in [-0.2, -0.15) is 0 Å². The highest BCUT2D eigenvalue weighted by atomic mass is 31.2. The van der Waals surface area contributed by atoms with Gasteiger partial charge in [-0.15, -0.1) is 0 Å². The van der Waals surface area contributed by atoms with Crippen LogP contribution in [0.2, 0.25) is 0 Å². The Kier molecular flexibility index (Phi) is 2.23. The van der Waals surface area contributed by atoms with Crippen LogP contribution in [0.15, 0.2) is 36.7 Å². The Labute approximate surface area is 76.6 Å². The number of benzene rings is 1. The van der Waals surface area contributed by atoms with Gasteiger partial charge < -0.3 is 9.79 Å². The number of hydrogen-bond donors (Lipinski definition) is 2. The van der Waals surface area contributed by atoms with E-state index in [2.05, 4.69) is 4.98 Å². The molecule has 3 nitrogen and oxygen atoms in total. The van der Waals surface area contributed by atoms with Gasteiger partial charge in [0, 0.05) is 17.8 Å². The van der Waals surface area contributed by atoms with Crippen molar-refractivity contribution < 1.29 is 9.79 Å². The largest absolute Gasteiger partial charge is 0.347 e. The van der Waals surface area contributed by atoms with Crippen LogP contribution < -0.4 is 5.30 Å². The van der Waals surface area contributed by atoms with Crippen molar-refractivity contribution in [2.75, 3.05) is 0 Å². The number of fused-ring (bicyclic) bond motifs is 1. The molecular weight excluding hydrogens is 185 g/mol. The summed E-state index contributed by atoms with van der Waals surface area (Å²) in [6, 6.07) is 7.51. The predicted molar refractivity (Wildman–Crippen MR) is 52.7 cm³/mol. The number of rotatable bonds is 1. The van der Waals surface area contributed by atoms with Crippen LogP contribution in [0.25, 0.3) is 10.8 Å². The molecule has 0 radical (unpaired) electrons. The van der Waals surface area contributed by atoms with E-state index in [-0.39, 0.29) is 0 Å². The van der Waals surface area contributed by atoms with Crippen molar-refractivity contribution in [1.29, 1.82) is 0 Å². The summed E-state index contributed by atoms with van der Waals surface area (Å²) in [4.78, 5) is 22.1. The summed E-state index contributed by atoms with van der Waals surface area (Å²) < 4.78 is 0. The Bertz CT molecular complexity index is 425. The lowest BCUT2D eigenvalue weighted by Gasteiger charge is -2.05. The van der Waals surface area contributed by atoms with Crippen LogP contribution in [0.4, 0.5) is 0 Å². The summed E-state index contributed by atoms with van der Waals surface area (Å²) in [5, 5.41) is 2.29. The first-order valence-corrected chi connectivity index (χ1v) is 5.04. The third-order valence-corrected chi connectivity index (χ3v) is 2.65. The molecule has 1 heterocycles. The minimum Gasteiger partial charge on any atom is -0.347 e. The van der Waals surface area contributed by atoms with E-state index in [1.54, 1.807) is 6.20 Å². The molecule has 2 N–H and O–H groups in total. The van der Waals surface area contributed by atoms with Crippen LogP contribution >= 0.6 is 8.38 Å². The molecule has 0 saturated heterocycles. The maximum Gasteiger partial charge on any atom is 0.201 e. The van der Waals surface area contributed by atoms with Gasteiger partial charge in [0.05, 0.1) is 5.30 Å². The van der Waals surface area contributed by atoms with Crippen molar-refractivity contribution in [2.24, 2.45) is 0 Å². The van der Waals surface area contributed by atoms with E-state index < -0.39 is 8.38 Å². The van der Waals surface area contributed by atoms with E-state index in [9.17, 15) is 0 Å². The third kappa shape index (κ3) is 1.54. The molecule has 4 heteroatoms. The first-order valence-electron chi connectivity index (χ1n) is 3.79. The average Bonchev–Trinajstić information content (AvgIpc) is 2.17. The van der Waals surface area contributed by atoms with E-state index in [1.165, 1.54) is 6.20 Å². The van der Waals surface area contributed by atoms with Crippen molar-refractivity contribution in [3.63, 3.8) is 0 Å². The Morgan fingerprint density at radius 1 is 1.08 bits per heavy atom. The number of nitrogens with zero attached hydrogens (tertiary/aromatic N) is 1. The third-order valence-electron chi connectivity index (χ3n) is 1.86. The zero-order valence-electron chi connectivity index (χ0n) is 6.75. The highest BCUT2D eigenvalue weighted by Gasteiger charge is 2.07. The zero-order valence-corrected chi connectivity index (χ0v) is 7.65. The molecule has 0 spiro atoms. The van der Waals surface area contributed by atoms with Gasteiger partial charge in [-0.05, 0) is 5.39 Å². The summed E-state index contributed by atoms with van der Waals surface area (Å²) in [5.41, 5.74) is 0. The molecule has 66 valence electrons. The van der Waals surface area contributed by atoms with Crippen LogP contribution in [0.1, 0.15) is 0 Å². The van der Waals surface area contributed by atoms with Crippen molar-refractivity contribution in [3.05, 3.63) is 36.7 Å². The van der Waals surface area contributed by atoms with Gasteiger partial charge in [-0.1, -0.05) is 24.3 Å². The molecule has 0 fully saturated rings. The first-order chi connectivity index (χ1) is 6.29. The van der Waals surface area contributed by atoms with Crippen LogP contribution in [0.5, 0.6) is 0 Å². The summed E-state index contributed by atoms with van der Waals surface area (Å²) in [6.45, 7) is 0. The normalized spacial score (nSPS) is 11.0. The van der Waals surface area contributed by atoms with Crippen LogP contribution in [0.3, 0.4) is 0 Å². The Hall–Kier alpha value is -1.02. The molecule has 0 unspecified atom stereocenters. The second-order valence-electron chi connectivity index (χ2n) is 2.67. The standard InChI is InChI=1S/C9H8NO2P/c11-13(12)9-6-10-5-7-3-1-2-4-8(7)9/h1-6,11-12H. The van der Waals surface area contributed by atoms with Crippen molar-refractivity contribution in [2.45, 2.75) is 0 Å². The van der Waals surface area contributed by atoms with E-state index >= 15 is 0 Å². The molecule has 1 aromatic carbocycles. The van der Waals surface area contributed by atoms with Crippen molar-refractivity contribution >= 4 is 24.5 Å². The molecule has 0 atom stereocenters. The average molecular weight is 193 g/mol. The molecule has 0 aliphatic rings. The van der Waals surface area contributed by atoms with Crippen molar-refractivity contribution in [3.8, 4) is 0 Å². The van der Waals surface area contributed by atoms with Gasteiger partial charge in [-0.25, -0.2) is 0 Å². The molecule has 2 aromatic rings. The van der Waals surface area contributed by atoms with Crippen LogP contribution in [-0.4, -0.2) is 14.8 Å². The highest BCUT2D eigenvalue weighted by molar-refractivity contribution is 7.54. The summed E-state index contributed by atoms with van der Waals surface area (Å²) in [7, 11) is -2.06. The van der Waals surface area contributed by atoms with Crippen LogP contribution in [-0.2, 0) is 0 Å². The molecule has 0 aliphatic carbocycles. The molecule has 1 aromatic heterocycles. The second kappa shape index (κ2) is 3.38. The fourth-order valence-corrected chi connectivity index (χ4v) is 1.85. The monoisotopic (exact) mass is 193 g/mol. The first kappa shape index (κ1) is 8.57. The van der Waals surface area contributed by atoms with Gasteiger partial charge >= 0.3 is 0 Å². The number of pyridine rings is 1. The number of aromatic nitrogens is 1. The van der Waals surface area contributed by atoms with E-state index in [0.717, 1.165) is 10.8 Å². The van der Waals surface area contributed by atoms with Gasteiger partial charge in [0.1, 0.15) is 0 Å². The number of hydrogen-bond acceptors (Lipinski definition) is 3. The van der Waals surface area contributed by atoms with Gasteiger partial charge in [0.15, 0.2) is 0 Å². The van der Waals surface area contributed by atoms with E-state index in [1.807, 2.05) is 24.3 Å². The Morgan fingerprint density at radius 2 is 1.85 bits per heavy atom. The zero-order chi connectivity index (χ0) is 9.26. The van der Waals surface area contributed by atoms with Crippen LogP contribution in [0, 0.1) is 0 Å². The van der Waals surface area contributed by atoms with Gasteiger partial charge in [0.2, 0.25) is 8.38 Å². The maximum absolute atomic E-state index is 9.10. The predicted octanol–water partition coefficient (Wildman–Crippen LogP) is 1.16. The smallest absolute Gasteiger partial charge is 0.201 e. The summed E-state index contributed by atoms with van der Waals surface area (Å²) in [6.07, 6.45) is 3.20. The molecular formula is C9H8NO2P. The van der Waals surface area contributed by atoms with Gasteiger partial charge in [-0.3, -0.25) is 4.98 Å². The topological polar surface area (TPSA) is 53.4 Å². The van der Waals surface area contributed by atoms with E-state index in [0.29, 0.717) is 5.30 Å². The lowest BCUT2D eigenvalue weighted by Crippen LogP contribution is -2.02. The lowest BCUT2D eigenvalue weighted by molar-refractivity contribution is 0.497. The molecule has 13 heavy (non-hydrogen) atoms. The fourth-order valence-electron chi connectivity index (χ4n) is 1.26. The SMILES string of the molecule is OP(O)c1cncc2ccccc12. The minimum absolute atomic E-state index is 0.508. The second-order valence-corrected chi connectivity index (χ2v) is 3.73. The Balaban J connectivity index is 2.76. The molecule has 2 rings (SSSR count). The fraction of sp³-hybridized carbons (Fsp3) is 0. The molecule has 0 amide bonds.